The Bertz CT molecular complexity index is 479. The van der Waals surface area contributed by atoms with Gasteiger partial charge in [0, 0.05) is 5.92 Å². The van der Waals surface area contributed by atoms with E-state index in [0.29, 0.717) is 0 Å². The molecule has 0 heterocycles. The van der Waals surface area contributed by atoms with E-state index in [1.807, 2.05) is 13.8 Å². The van der Waals surface area contributed by atoms with Crippen molar-refractivity contribution in [2.75, 3.05) is 0 Å². The zero-order valence-corrected chi connectivity index (χ0v) is 16.0. The molecule has 1 aliphatic rings. The van der Waals surface area contributed by atoms with Crippen LogP contribution in [0.15, 0.2) is 9.98 Å². The van der Waals surface area contributed by atoms with E-state index in [2.05, 4.69) is 9.98 Å². The van der Waals surface area contributed by atoms with E-state index in [9.17, 15) is 15.0 Å². The minimum absolute atomic E-state index is 0. The van der Waals surface area contributed by atoms with Crippen molar-refractivity contribution in [2.45, 2.75) is 51.3 Å². The van der Waals surface area contributed by atoms with Crippen molar-refractivity contribution in [3.63, 3.8) is 0 Å². The number of halogens is 2. The molecule has 0 aromatic carbocycles. The van der Waals surface area contributed by atoms with Crippen LogP contribution in [-0.4, -0.2) is 46.3 Å². The standard InChI is InChI=1S/C14H28N6O3.2ClH/c1-3-6(4-2)10(20-14(17)18)9-8(19-13(15)16)5-7(11(9)21)12(22)23;;/h6-11,21H,3-5H2,1-2H3,(H,22,23)(H4,15,16,19)(H4,17,18,20);2*1H/t7-,8+,9+,10-,11+;;/m0../s1. The number of hydrogen-bond acceptors (Lipinski definition) is 4. The van der Waals surface area contributed by atoms with E-state index >= 15 is 0 Å². The number of aliphatic hydroxyl groups excluding tert-OH is 1. The third-order valence-electron chi connectivity index (χ3n) is 4.60. The zero-order valence-electron chi connectivity index (χ0n) is 14.4. The molecule has 0 saturated heterocycles. The molecule has 10 N–H and O–H groups in total. The number of hydrogen-bond donors (Lipinski definition) is 6. The van der Waals surface area contributed by atoms with Crippen molar-refractivity contribution in [3.8, 4) is 0 Å². The lowest BCUT2D eigenvalue weighted by Crippen LogP contribution is -2.42. The van der Waals surface area contributed by atoms with Gasteiger partial charge in [0.2, 0.25) is 0 Å². The van der Waals surface area contributed by atoms with Crippen molar-refractivity contribution in [1.82, 2.24) is 0 Å². The van der Waals surface area contributed by atoms with Gasteiger partial charge >= 0.3 is 5.97 Å². The summed E-state index contributed by atoms with van der Waals surface area (Å²) >= 11 is 0. The number of carbonyl (C=O) groups is 1. The molecule has 11 heteroatoms. The quantitative estimate of drug-likeness (QED) is 0.248. The number of rotatable bonds is 7. The van der Waals surface area contributed by atoms with Gasteiger partial charge in [-0.05, 0) is 12.3 Å². The summed E-state index contributed by atoms with van der Waals surface area (Å²) in [5.74, 6) is -2.74. The molecule has 5 atom stereocenters. The first-order valence-corrected chi connectivity index (χ1v) is 7.81. The minimum atomic E-state index is -1.12. The van der Waals surface area contributed by atoms with Crippen LogP contribution in [0, 0.1) is 17.8 Å². The third-order valence-corrected chi connectivity index (χ3v) is 4.60. The molecule has 1 saturated carbocycles. The molecular formula is C14H30Cl2N6O3. The maximum atomic E-state index is 11.4. The Kier molecular flexibility index (Phi) is 11.6. The van der Waals surface area contributed by atoms with Crippen LogP contribution >= 0.6 is 24.8 Å². The second-order valence-electron chi connectivity index (χ2n) is 5.99. The van der Waals surface area contributed by atoms with E-state index in [0.717, 1.165) is 12.8 Å². The van der Waals surface area contributed by atoms with Gasteiger partial charge in [0.25, 0.3) is 0 Å². The van der Waals surface area contributed by atoms with Crippen molar-refractivity contribution < 1.29 is 15.0 Å². The number of aliphatic hydroxyl groups is 1. The molecule has 0 unspecified atom stereocenters. The van der Waals surface area contributed by atoms with Crippen LogP contribution in [0.25, 0.3) is 0 Å². The lowest BCUT2D eigenvalue weighted by Gasteiger charge is -2.32. The molecule has 0 aliphatic heterocycles. The number of guanidine groups is 2. The van der Waals surface area contributed by atoms with Crippen LogP contribution in [-0.2, 0) is 4.79 Å². The highest BCUT2D eigenvalue weighted by atomic mass is 35.5. The zero-order chi connectivity index (χ0) is 17.7. The van der Waals surface area contributed by atoms with E-state index in [1.54, 1.807) is 0 Å². The predicted molar refractivity (Wildman–Crippen MR) is 103 cm³/mol. The Morgan fingerprint density at radius 1 is 1.12 bits per heavy atom. The number of aliphatic carboxylic acids is 1. The van der Waals surface area contributed by atoms with Gasteiger partial charge in [-0.1, -0.05) is 26.7 Å². The smallest absolute Gasteiger partial charge is 0.309 e. The fourth-order valence-electron chi connectivity index (χ4n) is 3.51. The molecule has 0 spiro atoms. The molecule has 0 aromatic rings. The molecule has 1 fully saturated rings. The van der Waals surface area contributed by atoms with E-state index in [4.69, 9.17) is 22.9 Å². The first-order valence-electron chi connectivity index (χ1n) is 7.81. The molecular weight excluding hydrogens is 371 g/mol. The fourth-order valence-corrected chi connectivity index (χ4v) is 3.51. The number of nitrogens with zero attached hydrogens (tertiary/aromatic N) is 2. The third kappa shape index (κ3) is 6.41. The number of carboxylic acids is 1. The molecule has 0 amide bonds. The molecule has 0 bridgehead atoms. The predicted octanol–water partition coefficient (Wildman–Crippen LogP) is -0.368. The summed E-state index contributed by atoms with van der Waals surface area (Å²) in [6.07, 6.45) is 0.602. The average Bonchev–Trinajstić information content (AvgIpc) is 2.74. The van der Waals surface area contributed by atoms with E-state index < -0.39 is 36.0 Å². The topological polar surface area (TPSA) is 186 Å². The monoisotopic (exact) mass is 400 g/mol. The van der Waals surface area contributed by atoms with Gasteiger partial charge in [-0.15, -0.1) is 24.8 Å². The molecule has 148 valence electrons. The second kappa shape index (κ2) is 11.2. The highest BCUT2D eigenvalue weighted by molar-refractivity contribution is 5.85. The Balaban J connectivity index is 0. The Labute approximate surface area is 160 Å². The Morgan fingerprint density at radius 2 is 1.64 bits per heavy atom. The Morgan fingerprint density at radius 3 is 2.00 bits per heavy atom. The number of carboxylic acid groups (broad SMARTS) is 1. The summed E-state index contributed by atoms with van der Waals surface area (Å²) in [4.78, 5) is 19.8. The maximum Gasteiger partial charge on any atom is 0.309 e. The number of aliphatic imine (C=N–C) groups is 2. The lowest BCUT2D eigenvalue weighted by molar-refractivity contribution is -0.145. The van der Waals surface area contributed by atoms with Crippen molar-refractivity contribution in [3.05, 3.63) is 0 Å². The molecule has 9 nitrogen and oxygen atoms in total. The van der Waals surface area contributed by atoms with Crippen molar-refractivity contribution >= 4 is 42.7 Å². The SMILES string of the molecule is CCC(CC)[C@H](N=C(N)N)[C@@H]1[C@H](O)[C@@H](C(=O)O)C[C@H]1N=C(N)N.Cl.Cl. The van der Waals surface area contributed by atoms with Crippen LogP contribution in [0.4, 0.5) is 0 Å². The highest BCUT2D eigenvalue weighted by Crippen LogP contribution is 2.40. The molecule has 0 aromatic heterocycles. The summed E-state index contributed by atoms with van der Waals surface area (Å²) in [7, 11) is 0. The van der Waals surface area contributed by atoms with Crippen LogP contribution in [0.1, 0.15) is 33.1 Å². The van der Waals surface area contributed by atoms with E-state index in [-0.39, 0.29) is 49.1 Å². The minimum Gasteiger partial charge on any atom is -0.481 e. The average molecular weight is 401 g/mol. The second-order valence-corrected chi connectivity index (χ2v) is 5.99. The lowest BCUT2D eigenvalue weighted by atomic mass is 9.81. The number of nitrogens with two attached hydrogens (primary N) is 4. The highest BCUT2D eigenvalue weighted by Gasteiger charge is 2.50. The summed E-state index contributed by atoms with van der Waals surface area (Å²) in [5.41, 5.74) is 22.0. The first-order chi connectivity index (χ1) is 10.7. The first kappa shape index (κ1) is 25.8. The Hall–Kier alpha value is -1.45. The summed E-state index contributed by atoms with van der Waals surface area (Å²) in [6.45, 7) is 3.99. The van der Waals surface area contributed by atoms with Crippen LogP contribution < -0.4 is 22.9 Å². The largest absolute Gasteiger partial charge is 0.481 e. The molecule has 1 aliphatic carbocycles. The molecule has 1 rings (SSSR count). The van der Waals surface area contributed by atoms with Crippen molar-refractivity contribution in [1.29, 1.82) is 0 Å². The summed E-state index contributed by atoms with van der Waals surface area (Å²) < 4.78 is 0. The summed E-state index contributed by atoms with van der Waals surface area (Å²) in [5, 5.41) is 19.9. The van der Waals surface area contributed by atoms with Gasteiger partial charge in [0.15, 0.2) is 11.9 Å². The van der Waals surface area contributed by atoms with Gasteiger partial charge in [-0.2, -0.15) is 0 Å². The van der Waals surface area contributed by atoms with Crippen LogP contribution in [0.2, 0.25) is 0 Å². The molecule has 0 radical (unpaired) electrons. The van der Waals surface area contributed by atoms with Gasteiger partial charge in [0.05, 0.1) is 24.1 Å². The summed E-state index contributed by atoms with van der Waals surface area (Å²) in [6, 6.07) is -0.979. The van der Waals surface area contributed by atoms with Crippen LogP contribution in [0.3, 0.4) is 0 Å². The van der Waals surface area contributed by atoms with Crippen molar-refractivity contribution in [2.24, 2.45) is 50.7 Å². The normalized spacial score (nSPS) is 26.1. The van der Waals surface area contributed by atoms with Crippen LogP contribution in [0.5, 0.6) is 0 Å². The van der Waals surface area contributed by atoms with Gasteiger partial charge in [0.1, 0.15) is 0 Å². The van der Waals surface area contributed by atoms with Gasteiger partial charge in [-0.3, -0.25) is 4.79 Å². The van der Waals surface area contributed by atoms with Gasteiger partial charge < -0.3 is 33.1 Å². The molecule has 25 heavy (non-hydrogen) atoms. The fraction of sp³-hybridized carbons (Fsp3) is 0.786. The van der Waals surface area contributed by atoms with Gasteiger partial charge in [-0.25, -0.2) is 9.98 Å². The van der Waals surface area contributed by atoms with E-state index in [1.165, 1.54) is 0 Å². The maximum absolute atomic E-state index is 11.4.